The van der Waals surface area contributed by atoms with E-state index in [1.807, 2.05) is 13.0 Å². The van der Waals surface area contributed by atoms with Gasteiger partial charge in [0, 0.05) is 29.8 Å². The topological polar surface area (TPSA) is 20.2 Å². The summed E-state index contributed by atoms with van der Waals surface area (Å²) in [7, 11) is 0. The summed E-state index contributed by atoms with van der Waals surface area (Å²) in [6, 6.07) is 0. The second-order valence-electron chi connectivity index (χ2n) is 2.90. The number of halogens is 1. The Morgan fingerprint density at radius 3 is 2.55 bits per heavy atom. The number of aliphatic hydroxyl groups is 1. The van der Waals surface area contributed by atoms with Crippen molar-refractivity contribution in [2.45, 2.75) is 19.4 Å². The summed E-state index contributed by atoms with van der Waals surface area (Å²) in [5.74, 6) is 0.102. The molecule has 0 fully saturated rings. The van der Waals surface area contributed by atoms with Crippen molar-refractivity contribution in [1.82, 2.24) is 0 Å². The van der Waals surface area contributed by atoms with Gasteiger partial charge in [0.2, 0.25) is 0 Å². The van der Waals surface area contributed by atoms with Gasteiger partial charge in [-0.3, -0.25) is 0 Å². The number of hydrogen-bond donors (Lipinski definition) is 1. The Balaban J connectivity index is 0.000001000. The van der Waals surface area contributed by atoms with Gasteiger partial charge in [-0.1, -0.05) is 30.7 Å². The fraction of sp³-hybridized carbons (Fsp3) is 0.500. The molecule has 2 unspecified atom stereocenters. The van der Waals surface area contributed by atoms with E-state index in [2.05, 4.69) is 0 Å². The smallest absolute Gasteiger partial charge is 0.0863 e. The molecule has 0 aromatic heterocycles. The molecule has 0 aliphatic heterocycles. The Labute approximate surface area is 84.3 Å². The monoisotopic (exact) mass is 165 g/mol. The van der Waals surface area contributed by atoms with Crippen LogP contribution in [0.3, 0.4) is 0 Å². The Hall–Kier alpha value is 0.327. The largest absolute Gasteiger partial charge is 0.385 e. The zero-order chi connectivity index (χ0) is 7.78. The van der Waals surface area contributed by atoms with Crippen LogP contribution in [0.2, 0.25) is 0 Å². The van der Waals surface area contributed by atoms with Gasteiger partial charge >= 0.3 is 0 Å². The molecular weight excluding hydrogens is 154 g/mol. The van der Waals surface area contributed by atoms with E-state index >= 15 is 0 Å². The normalized spacial score (nSPS) is 36.0. The maximum absolute atomic E-state index is 9.57. The van der Waals surface area contributed by atoms with E-state index < -0.39 is 5.60 Å². The maximum Gasteiger partial charge on any atom is 0.0863 e. The van der Waals surface area contributed by atoms with Gasteiger partial charge in [-0.05, 0) is 13.0 Å². The van der Waals surface area contributed by atoms with Crippen LogP contribution >= 0.6 is 11.6 Å². The molecule has 0 spiro atoms. The third kappa shape index (κ3) is 2.69. The molecular formula is C8H11ClLiO. The Bertz CT molecular complexity index is 196. The van der Waals surface area contributed by atoms with Crippen molar-refractivity contribution in [2.75, 3.05) is 0 Å². The minimum Gasteiger partial charge on any atom is -0.385 e. The van der Waals surface area contributed by atoms with E-state index in [-0.39, 0.29) is 24.8 Å². The van der Waals surface area contributed by atoms with Crippen molar-refractivity contribution >= 4 is 30.5 Å². The summed E-state index contributed by atoms with van der Waals surface area (Å²) in [6.45, 7) is 3.71. The van der Waals surface area contributed by atoms with Gasteiger partial charge in [-0.15, -0.1) is 0 Å². The Morgan fingerprint density at radius 1 is 1.64 bits per heavy atom. The molecule has 1 aliphatic carbocycles. The van der Waals surface area contributed by atoms with Crippen LogP contribution in [-0.2, 0) is 0 Å². The molecule has 1 nitrogen and oxygen atoms in total. The molecule has 0 saturated carbocycles. The Morgan fingerprint density at radius 2 is 2.18 bits per heavy atom. The predicted octanol–water partition coefficient (Wildman–Crippen LogP) is 1.69. The molecule has 0 bridgehead atoms. The van der Waals surface area contributed by atoms with Gasteiger partial charge in [0.25, 0.3) is 0 Å². The summed E-state index contributed by atoms with van der Waals surface area (Å²) in [6.07, 6.45) is 5.29. The SMILES string of the molecule is CC1C=C(Cl)C=CC1(C)O.[Li]. The fourth-order valence-electron chi connectivity index (χ4n) is 0.863. The number of hydrogen-bond acceptors (Lipinski definition) is 1. The van der Waals surface area contributed by atoms with Crippen LogP contribution in [0.1, 0.15) is 13.8 Å². The zero-order valence-corrected chi connectivity index (χ0v) is 7.89. The molecule has 0 aromatic rings. The average molecular weight is 166 g/mol. The summed E-state index contributed by atoms with van der Waals surface area (Å²) < 4.78 is 0. The zero-order valence-electron chi connectivity index (χ0n) is 7.13. The molecule has 0 saturated heterocycles. The van der Waals surface area contributed by atoms with Crippen LogP contribution in [0.15, 0.2) is 23.3 Å². The first-order valence-electron chi connectivity index (χ1n) is 3.31. The minimum absolute atomic E-state index is 0. The van der Waals surface area contributed by atoms with E-state index in [9.17, 15) is 5.11 Å². The van der Waals surface area contributed by atoms with Crippen molar-refractivity contribution in [1.29, 1.82) is 0 Å². The summed E-state index contributed by atoms with van der Waals surface area (Å²) in [4.78, 5) is 0. The van der Waals surface area contributed by atoms with Crippen molar-refractivity contribution in [3.8, 4) is 0 Å². The minimum atomic E-state index is -0.724. The molecule has 3 heteroatoms. The first-order valence-corrected chi connectivity index (χ1v) is 3.69. The first-order chi connectivity index (χ1) is 4.52. The third-order valence-corrected chi connectivity index (χ3v) is 2.16. The first kappa shape index (κ1) is 11.3. The molecule has 0 aromatic carbocycles. The summed E-state index contributed by atoms with van der Waals surface area (Å²) in [5, 5.41) is 10.3. The van der Waals surface area contributed by atoms with E-state index in [4.69, 9.17) is 11.6 Å². The van der Waals surface area contributed by atoms with Crippen molar-refractivity contribution in [3.63, 3.8) is 0 Å². The van der Waals surface area contributed by atoms with Crippen molar-refractivity contribution < 1.29 is 5.11 Å². The predicted molar refractivity (Wildman–Crippen MR) is 48.6 cm³/mol. The van der Waals surface area contributed by atoms with E-state index in [0.717, 1.165) is 0 Å². The number of rotatable bonds is 0. The second kappa shape index (κ2) is 3.82. The molecule has 0 amide bonds. The van der Waals surface area contributed by atoms with E-state index in [1.54, 1.807) is 19.1 Å². The van der Waals surface area contributed by atoms with Gasteiger partial charge in [0.05, 0.1) is 5.60 Å². The fourth-order valence-corrected chi connectivity index (χ4v) is 1.12. The molecule has 2 atom stereocenters. The molecule has 1 N–H and O–H groups in total. The average Bonchev–Trinajstić information content (AvgIpc) is 1.81. The maximum atomic E-state index is 9.57. The van der Waals surface area contributed by atoms with Crippen LogP contribution in [0.4, 0.5) is 0 Å². The van der Waals surface area contributed by atoms with Crippen LogP contribution < -0.4 is 0 Å². The van der Waals surface area contributed by atoms with Gasteiger partial charge < -0.3 is 5.11 Å². The van der Waals surface area contributed by atoms with Gasteiger partial charge in [-0.25, -0.2) is 0 Å². The van der Waals surface area contributed by atoms with E-state index in [0.29, 0.717) is 5.03 Å². The molecule has 11 heavy (non-hydrogen) atoms. The third-order valence-electron chi connectivity index (χ3n) is 1.91. The summed E-state index contributed by atoms with van der Waals surface area (Å²) in [5.41, 5.74) is -0.724. The van der Waals surface area contributed by atoms with Crippen molar-refractivity contribution in [2.24, 2.45) is 5.92 Å². The van der Waals surface area contributed by atoms with Crippen LogP contribution in [-0.4, -0.2) is 29.6 Å². The molecule has 0 heterocycles. The molecule has 1 radical (unpaired) electrons. The molecule has 1 aliphatic rings. The number of allylic oxidation sites excluding steroid dienone is 2. The second-order valence-corrected chi connectivity index (χ2v) is 3.34. The van der Waals surface area contributed by atoms with Gasteiger partial charge in [0.15, 0.2) is 0 Å². The Kier molecular flexibility index (Phi) is 3.94. The van der Waals surface area contributed by atoms with Crippen molar-refractivity contribution in [3.05, 3.63) is 23.3 Å². The quantitative estimate of drug-likeness (QED) is 0.542. The van der Waals surface area contributed by atoms with E-state index in [1.165, 1.54) is 0 Å². The summed E-state index contributed by atoms with van der Waals surface area (Å²) >= 11 is 5.70. The van der Waals surface area contributed by atoms with Crippen LogP contribution in [0.25, 0.3) is 0 Å². The van der Waals surface area contributed by atoms with Crippen LogP contribution in [0, 0.1) is 5.92 Å². The van der Waals surface area contributed by atoms with Gasteiger partial charge in [-0.2, -0.15) is 0 Å². The molecule has 1 rings (SSSR count). The van der Waals surface area contributed by atoms with Gasteiger partial charge in [0.1, 0.15) is 0 Å². The standard InChI is InChI=1S/C8H11ClO.Li/c1-6-5-7(9)3-4-8(6,2)10;/h3-6,10H,1-2H3;. The molecule has 57 valence electrons. The van der Waals surface area contributed by atoms with Crippen LogP contribution in [0.5, 0.6) is 0 Å².